The zero-order valence-corrected chi connectivity index (χ0v) is 16.9. The van der Waals surface area contributed by atoms with E-state index in [9.17, 15) is 14.4 Å². The highest BCUT2D eigenvalue weighted by Crippen LogP contribution is 2.42. The van der Waals surface area contributed by atoms with Gasteiger partial charge in [-0.15, -0.1) is 11.8 Å². The fourth-order valence-electron chi connectivity index (χ4n) is 4.28. The van der Waals surface area contributed by atoms with Crippen LogP contribution in [0.15, 0.2) is 47.4 Å². The summed E-state index contributed by atoms with van der Waals surface area (Å²) in [6.45, 7) is -0.448. The number of benzene rings is 2. The normalized spacial score (nSPS) is 20.2. The lowest BCUT2D eigenvalue weighted by molar-refractivity contribution is -0.142. The highest BCUT2D eigenvalue weighted by atomic mass is 32.2. The summed E-state index contributed by atoms with van der Waals surface area (Å²) in [5.74, 6) is -1.56. The standard InChI is InChI=1S/C22H22N2O4S/c1-29-16-5-2-13(3-6-16)14-4-7-17-15(10-14)11-19(22(28)23-12-21(26)27)24-18(17)8-9-20(24)25/h2-7,10,18-19H,8-9,11-12H2,1H3,(H,23,28)(H,26,27)/t18-,19+/m1/s1. The van der Waals surface area contributed by atoms with Crippen LogP contribution < -0.4 is 5.32 Å². The summed E-state index contributed by atoms with van der Waals surface area (Å²) >= 11 is 1.69. The van der Waals surface area contributed by atoms with E-state index in [2.05, 4.69) is 47.8 Å². The minimum absolute atomic E-state index is 0.0483. The number of thioether (sulfide) groups is 1. The minimum atomic E-state index is -1.10. The van der Waals surface area contributed by atoms with Gasteiger partial charge in [0, 0.05) is 17.7 Å². The molecule has 0 spiro atoms. The van der Waals surface area contributed by atoms with E-state index in [1.54, 1.807) is 16.7 Å². The molecule has 6 nitrogen and oxygen atoms in total. The zero-order valence-electron chi connectivity index (χ0n) is 16.1. The molecule has 2 aliphatic rings. The maximum absolute atomic E-state index is 12.7. The number of amides is 2. The van der Waals surface area contributed by atoms with Crippen molar-refractivity contribution in [1.29, 1.82) is 0 Å². The Balaban J connectivity index is 1.66. The second-order valence-corrected chi connectivity index (χ2v) is 8.21. The highest BCUT2D eigenvalue weighted by molar-refractivity contribution is 7.98. The molecular weight excluding hydrogens is 388 g/mol. The molecule has 0 saturated carbocycles. The number of aliphatic carboxylic acids is 1. The lowest BCUT2D eigenvalue weighted by Crippen LogP contribution is -2.52. The predicted molar refractivity (Wildman–Crippen MR) is 111 cm³/mol. The second kappa shape index (κ2) is 7.91. The number of hydrogen-bond acceptors (Lipinski definition) is 4. The number of carbonyl (C=O) groups is 3. The molecule has 29 heavy (non-hydrogen) atoms. The molecule has 2 amide bonds. The molecule has 0 unspecified atom stereocenters. The Morgan fingerprint density at radius 3 is 2.59 bits per heavy atom. The summed E-state index contributed by atoms with van der Waals surface area (Å²) in [5, 5.41) is 11.3. The minimum Gasteiger partial charge on any atom is -0.480 e. The molecule has 1 fully saturated rings. The van der Waals surface area contributed by atoms with Gasteiger partial charge < -0.3 is 15.3 Å². The second-order valence-electron chi connectivity index (χ2n) is 7.33. The molecule has 1 saturated heterocycles. The molecule has 0 bridgehead atoms. The van der Waals surface area contributed by atoms with Crippen LogP contribution in [0, 0.1) is 0 Å². The topological polar surface area (TPSA) is 86.7 Å². The van der Waals surface area contributed by atoms with Gasteiger partial charge in [-0.2, -0.15) is 0 Å². The number of hydrogen-bond donors (Lipinski definition) is 2. The molecule has 4 rings (SSSR count). The molecule has 2 aromatic rings. The average molecular weight is 410 g/mol. The molecule has 2 heterocycles. The van der Waals surface area contributed by atoms with Crippen molar-refractivity contribution in [3.63, 3.8) is 0 Å². The number of carboxylic acid groups (broad SMARTS) is 1. The van der Waals surface area contributed by atoms with E-state index in [4.69, 9.17) is 5.11 Å². The number of rotatable bonds is 5. The van der Waals surface area contributed by atoms with Gasteiger partial charge in [-0.25, -0.2) is 0 Å². The highest BCUT2D eigenvalue weighted by Gasteiger charge is 2.44. The van der Waals surface area contributed by atoms with Crippen LogP contribution in [0.3, 0.4) is 0 Å². The Morgan fingerprint density at radius 1 is 1.17 bits per heavy atom. The van der Waals surface area contributed by atoms with Gasteiger partial charge >= 0.3 is 5.97 Å². The van der Waals surface area contributed by atoms with Crippen LogP contribution >= 0.6 is 11.8 Å². The van der Waals surface area contributed by atoms with Crippen molar-refractivity contribution in [2.24, 2.45) is 0 Å². The van der Waals surface area contributed by atoms with Crippen LogP contribution in [-0.2, 0) is 20.8 Å². The average Bonchev–Trinajstić information content (AvgIpc) is 3.13. The smallest absolute Gasteiger partial charge is 0.322 e. The third-order valence-electron chi connectivity index (χ3n) is 5.65. The number of nitrogens with zero attached hydrogens (tertiary/aromatic N) is 1. The van der Waals surface area contributed by atoms with Gasteiger partial charge in [-0.1, -0.05) is 30.3 Å². The monoisotopic (exact) mass is 410 g/mol. The molecule has 2 N–H and O–H groups in total. The summed E-state index contributed by atoms with van der Waals surface area (Å²) in [4.78, 5) is 38.8. The summed E-state index contributed by atoms with van der Waals surface area (Å²) in [5.41, 5.74) is 4.30. The van der Waals surface area contributed by atoms with Crippen molar-refractivity contribution >= 4 is 29.5 Å². The van der Waals surface area contributed by atoms with E-state index in [0.717, 1.165) is 22.3 Å². The number of nitrogens with one attached hydrogen (secondary N) is 1. The van der Waals surface area contributed by atoms with Crippen LogP contribution in [-0.4, -0.2) is 46.6 Å². The summed E-state index contributed by atoms with van der Waals surface area (Å²) < 4.78 is 0. The maximum atomic E-state index is 12.7. The van der Waals surface area contributed by atoms with Crippen molar-refractivity contribution in [2.45, 2.75) is 36.2 Å². The summed E-state index contributed by atoms with van der Waals surface area (Å²) in [6, 6.07) is 13.8. The van der Waals surface area contributed by atoms with Gasteiger partial charge in [0.05, 0.1) is 6.04 Å². The van der Waals surface area contributed by atoms with Gasteiger partial charge in [0.25, 0.3) is 0 Å². The third kappa shape index (κ3) is 3.74. The fourth-order valence-corrected chi connectivity index (χ4v) is 4.68. The van der Waals surface area contributed by atoms with Gasteiger partial charge in [0.1, 0.15) is 12.6 Å². The van der Waals surface area contributed by atoms with Crippen molar-refractivity contribution < 1.29 is 19.5 Å². The van der Waals surface area contributed by atoms with Crippen molar-refractivity contribution in [1.82, 2.24) is 10.2 Å². The molecule has 2 aliphatic heterocycles. The van der Waals surface area contributed by atoms with Crippen molar-refractivity contribution in [3.8, 4) is 11.1 Å². The Kier molecular flexibility index (Phi) is 5.32. The summed E-state index contributed by atoms with van der Waals surface area (Å²) in [6.07, 6.45) is 3.51. The van der Waals surface area contributed by atoms with Crippen molar-refractivity contribution in [3.05, 3.63) is 53.6 Å². The first-order chi connectivity index (χ1) is 14.0. The number of carbonyl (C=O) groups excluding carboxylic acids is 2. The first kappa shape index (κ1) is 19.5. The van der Waals surface area contributed by atoms with E-state index < -0.39 is 24.5 Å². The molecule has 0 radical (unpaired) electrons. The Bertz CT molecular complexity index is 973. The SMILES string of the molecule is CSc1ccc(-c2ccc3c(c2)C[C@@H](C(=O)NCC(=O)O)N2C(=O)CC[C@H]32)cc1. The number of carboxylic acids is 1. The molecule has 2 aromatic carbocycles. The largest absolute Gasteiger partial charge is 0.480 e. The fraction of sp³-hybridized carbons (Fsp3) is 0.318. The van der Waals surface area contributed by atoms with E-state index >= 15 is 0 Å². The Hall–Kier alpha value is -2.80. The van der Waals surface area contributed by atoms with Crippen LogP contribution in [0.4, 0.5) is 0 Å². The Morgan fingerprint density at radius 2 is 1.90 bits per heavy atom. The van der Waals surface area contributed by atoms with Crippen LogP contribution in [0.1, 0.15) is 30.0 Å². The molecule has 2 atom stereocenters. The maximum Gasteiger partial charge on any atom is 0.322 e. The molecule has 0 aliphatic carbocycles. The van der Waals surface area contributed by atoms with Gasteiger partial charge in [0.15, 0.2) is 0 Å². The van der Waals surface area contributed by atoms with Gasteiger partial charge in [-0.05, 0) is 47.1 Å². The molecule has 7 heteroatoms. The third-order valence-corrected chi connectivity index (χ3v) is 6.39. The summed E-state index contributed by atoms with van der Waals surface area (Å²) in [7, 11) is 0. The van der Waals surface area contributed by atoms with Gasteiger partial charge in [0.2, 0.25) is 11.8 Å². The predicted octanol–water partition coefficient (Wildman–Crippen LogP) is 2.86. The van der Waals surface area contributed by atoms with Crippen LogP contribution in [0.25, 0.3) is 11.1 Å². The molecule has 150 valence electrons. The first-order valence-corrected chi connectivity index (χ1v) is 10.8. The van der Waals surface area contributed by atoms with Gasteiger partial charge in [-0.3, -0.25) is 14.4 Å². The lowest BCUT2D eigenvalue weighted by atomic mass is 9.86. The van der Waals surface area contributed by atoms with Crippen LogP contribution in [0.2, 0.25) is 0 Å². The lowest BCUT2D eigenvalue weighted by Gasteiger charge is -2.38. The molecular formula is C22H22N2O4S. The first-order valence-electron chi connectivity index (χ1n) is 9.56. The van der Waals surface area contributed by atoms with E-state index in [1.807, 2.05) is 6.26 Å². The van der Waals surface area contributed by atoms with E-state index in [1.165, 1.54) is 4.90 Å². The zero-order chi connectivity index (χ0) is 20.5. The number of fused-ring (bicyclic) bond motifs is 3. The van der Waals surface area contributed by atoms with Crippen molar-refractivity contribution in [2.75, 3.05) is 12.8 Å². The Labute approximate surface area is 173 Å². The molecule has 0 aromatic heterocycles. The quantitative estimate of drug-likeness (QED) is 0.741. The van der Waals surface area contributed by atoms with E-state index in [-0.39, 0.29) is 11.9 Å². The van der Waals surface area contributed by atoms with E-state index in [0.29, 0.717) is 19.3 Å². The van der Waals surface area contributed by atoms with Crippen LogP contribution in [0.5, 0.6) is 0 Å².